The van der Waals surface area contributed by atoms with Gasteiger partial charge < -0.3 is 10.2 Å². The van der Waals surface area contributed by atoms with Crippen LogP contribution in [0.2, 0.25) is 0 Å². The first-order chi connectivity index (χ1) is 12.1. The highest BCUT2D eigenvalue weighted by molar-refractivity contribution is 5.95. The summed E-state index contributed by atoms with van der Waals surface area (Å²) in [6, 6.07) is 9.72. The molecule has 2 heterocycles. The van der Waals surface area contributed by atoms with Gasteiger partial charge in [0.05, 0.1) is 23.8 Å². The minimum Gasteiger partial charge on any atom is -0.351 e. The molecule has 1 aromatic carbocycles. The Hall–Kier alpha value is -2.76. The van der Waals surface area contributed by atoms with Crippen molar-refractivity contribution in [3.05, 3.63) is 65.2 Å². The van der Waals surface area contributed by atoms with Gasteiger partial charge in [0.2, 0.25) is 5.91 Å². The smallest absolute Gasteiger partial charge is 0.257 e. The highest BCUT2D eigenvalue weighted by Crippen LogP contribution is 2.33. The molecule has 0 bridgehead atoms. The molecule has 25 heavy (non-hydrogen) atoms. The van der Waals surface area contributed by atoms with Crippen LogP contribution in [0.15, 0.2) is 42.6 Å². The first kappa shape index (κ1) is 17.1. The van der Waals surface area contributed by atoms with Crippen molar-refractivity contribution in [3.63, 3.8) is 0 Å². The lowest BCUT2D eigenvalue weighted by atomic mass is 10.0. The Morgan fingerprint density at radius 3 is 2.88 bits per heavy atom. The number of carbonyl (C=O) groups is 2. The van der Waals surface area contributed by atoms with Crippen molar-refractivity contribution < 1.29 is 14.0 Å². The van der Waals surface area contributed by atoms with Crippen molar-refractivity contribution >= 4 is 11.8 Å². The van der Waals surface area contributed by atoms with E-state index < -0.39 is 5.82 Å². The molecule has 6 heteroatoms. The summed E-state index contributed by atoms with van der Waals surface area (Å²) >= 11 is 0. The van der Waals surface area contributed by atoms with Crippen molar-refractivity contribution in [2.24, 2.45) is 0 Å². The first-order valence-corrected chi connectivity index (χ1v) is 8.31. The van der Waals surface area contributed by atoms with Crippen LogP contribution in [0, 0.1) is 5.82 Å². The van der Waals surface area contributed by atoms with Crippen LogP contribution in [0.4, 0.5) is 4.39 Å². The van der Waals surface area contributed by atoms with Crippen LogP contribution in [-0.2, 0) is 11.3 Å². The molecule has 1 aliphatic rings. The van der Waals surface area contributed by atoms with Crippen LogP contribution in [0.3, 0.4) is 0 Å². The number of hydrogen-bond acceptors (Lipinski definition) is 3. The van der Waals surface area contributed by atoms with Gasteiger partial charge in [0.1, 0.15) is 5.82 Å². The molecule has 2 aromatic rings. The fraction of sp³-hybridized carbons (Fsp3) is 0.316. The number of pyridine rings is 1. The Balaban J connectivity index is 1.82. The van der Waals surface area contributed by atoms with Crippen molar-refractivity contribution in [1.29, 1.82) is 0 Å². The number of nitrogens with one attached hydrogen (secondary N) is 1. The van der Waals surface area contributed by atoms with Gasteiger partial charge in [-0.3, -0.25) is 14.6 Å². The fourth-order valence-electron chi connectivity index (χ4n) is 3.16. The molecule has 1 aliphatic heterocycles. The van der Waals surface area contributed by atoms with Gasteiger partial charge in [-0.25, -0.2) is 4.39 Å². The second kappa shape index (κ2) is 7.42. The number of aromatic nitrogens is 1. The second-order valence-electron chi connectivity index (χ2n) is 6.13. The summed E-state index contributed by atoms with van der Waals surface area (Å²) in [4.78, 5) is 29.8. The summed E-state index contributed by atoms with van der Waals surface area (Å²) in [5, 5.41) is 2.72. The maximum absolute atomic E-state index is 14.0. The quantitative estimate of drug-likeness (QED) is 0.930. The van der Waals surface area contributed by atoms with E-state index in [9.17, 15) is 14.0 Å². The molecule has 1 N–H and O–H groups in total. The number of carbonyl (C=O) groups excluding carboxylic acids is 2. The highest BCUT2D eigenvalue weighted by Gasteiger charge is 2.31. The van der Waals surface area contributed by atoms with E-state index in [0.29, 0.717) is 13.1 Å². The Bertz CT molecular complexity index is 794. The topological polar surface area (TPSA) is 62.3 Å². The van der Waals surface area contributed by atoms with Crippen molar-refractivity contribution in [2.75, 3.05) is 6.54 Å². The number of hydrogen-bond donors (Lipinski definition) is 1. The van der Waals surface area contributed by atoms with Crippen molar-refractivity contribution in [3.8, 4) is 0 Å². The summed E-state index contributed by atoms with van der Waals surface area (Å²) in [6.07, 6.45) is 3.37. The second-order valence-corrected chi connectivity index (χ2v) is 6.13. The molecule has 130 valence electrons. The lowest BCUT2D eigenvalue weighted by Gasteiger charge is -2.25. The molecule has 0 radical (unpaired) electrons. The van der Waals surface area contributed by atoms with Gasteiger partial charge in [0.15, 0.2) is 0 Å². The maximum Gasteiger partial charge on any atom is 0.257 e. The van der Waals surface area contributed by atoms with Crippen LogP contribution in [0.25, 0.3) is 0 Å². The Labute approximate surface area is 145 Å². The normalized spacial score (nSPS) is 16.7. The molecule has 2 amide bonds. The highest BCUT2D eigenvalue weighted by atomic mass is 19.1. The predicted octanol–water partition coefficient (Wildman–Crippen LogP) is 2.83. The van der Waals surface area contributed by atoms with E-state index in [2.05, 4.69) is 10.3 Å². The third kappa shape index (κ3) is 3.84. The third-order valence-corrected chi connectivity index (χ3v) is 4.36. The number of halogens is 1. The van der Waals surface area contributed by atoms with Gasteiger partial charge in [-0.2, -0.15) is 0 Å². The predicted molar refractivity (Wildman–Crippen MR) is 91.2 cm³/mol. The van der Waals surface area contributed by atoms with Gasteiger partial charge in [0, 0.05) is 19.7 Å². The maximum atomic E-state index is 14.0. The minimum absolute atomic E-state index is 0.0990. The molecular formula is C19H20FN3O2. The zero-order valence-corrected chi connectivity index (χ0v) is 14.0. The number of benzene rings is 1. The SMILES string of the molecule is CC(=O)NCc1cc(C2CCCN2C(=O)c2ccccc2F)ccn1. The fourth-order valence-corrected chi connectivity index (χ4v) is 3.16. The zero-order valence-electron chi connectivity index (χ0n) is 14.0. The van der Waals surface area contributed by atoms with E-state index in [-0.39, 0.29) is 23.4 Å². The average Bonchev–Trinajstić information content (AvgIpc) is 3.10. The van der Waals surface area contributed by atoms with Gasteiger partial charge >= 0.3 is 0 Å². The zero-order chi connectivity index (χ0) is 17.8. The Morgan fingerprint density at radius 1 is 1.32 bits per heavy atom. The monoisotopic (exact) mass is 341 g/mol. The average molecular weight is 341 g/mol. The summed E-state index contributed by atoms with van der Waals surface area (Å²) in [6.45, 7) is 2.40. The summed E-state index contributed by atoms with van der Waals surface area (Å²) in [5.74, 6) is -0.913. The van der Waals surface area contributed by atoms with Crippen LogP contribution in [0.1, 0.15) is 47.4 Å². The molecule has 0 saturated carbocycles. The first-order valence-electron chi connectivity index (χ1n) is 8.31. The molecule has 1 saturated heterocycles. The number of likely N-dealkylation sites (tertiary alicyclic amines) is 1. The van der Waals surface area contributed by atoms with Crippen LogP contribution >= 0.6 is 0 Å². The van der Waals surface area contributed by atoms with E-state index in [1.54, 1.807) is 23.2 Å². The van der Waals surface area contributed by atoms with E-state index in [1.807, 2.05) is 12.1 Å². The van der Waals surface area contributed by atoms with Gasteiger partial charge in [-0.05, 0) is 42.7 Å². The standard InChI is InChI=1S/C19H20FN3O2/c1-13(24)22-12-15-11-14(8-9-21-15)18-7-4-10-23(18)19(25)16-5-2-3-6-17(16)20/h2-3,5-6,8-9,11,18H,4,7,10,12H2,1H3,(H,22,24). The van der Waals surface area contributed by atoms with Gasteiger partial charge in [-0.15, -0.1) is 0 Å². The molecule has 1 unspecified atom stereocenters. The molecule has 1 aromatic heterocycles. The van der Waals surface area contributed by atoms with E-state index in [4.69, 9.17) is 0 Å². The van der Waals surface area contributed by atoms with E-state index in [0.717, 1.165) is 24.1 Å². The lowest BCUT2D eigenvalue weighted by molar-refractivity contribution is -0.119. The molecule has 3 rings (SSSR count). The largest absolute Gasteiger partial charge is 0.351 e. The Kier molecular flexibility index (Phi) is 5.07. The molecule has 1 atom stereocenters. The summed E-state index contributed by atoms with van der Waals surface area (Å²) in [7, 11) is 0. The Morgan fingerprint density at radius 2 is 2.12 bits per heavy atom. The van der Waals surface area contributed by atoms with E-state index in [1.165, 1.54) is 19.1 Å². The van der Waals surface area contributed by atoms with Crippen molar-refractivity contribution in [2.45, 2.75) is 32.4 Å². The molecule has 1 fully saturated rings. The lowest BCUT2D eigenvalue weighted by Crippen LogP contribution is -2.31. The van der Waals surface area contributed by atoms with Crippen LogP contribution in [-0.4, -0.2) is 28.2 Å². The molecular weight excluding hydrogens is 321 g/mol. The molecule has 0 spiro atoms. The van der Waals surface area contributed by atoms with Gasteiger partial charge in [-0.1, -0.05) is 12.1 Å². The van der Waals surface area contributed by atoms with Gasteiger partial charge in [0.25, 0.3) is 5.91 Å². The molecule has 0 aliphatic carbocycles. The number of amides is 2. The third-order valence-electron chi connectivity index (χ3n) is 4.36. The van der Waals surface area contributed by atoms with Crippen LogP contribution < -0.4 is 5.32 Å². The minimum atomic E-state index is -0.501. The summed E-state index contributed by atoms with van der Waals surface area (Å²) in [5.41, 5.74) is 1.79. The molecule has 5 nitrogen and oxygen atoms in total. The van der Waals surface area contributed by atoms with E-state index >= 15 is 0 Å². The summed E-state index contributed by atoms with van der Waals surface area (Å²) < 4.78 is 14.0. The number of nitrogens with zero attached hydrogens (tertiary/aromatic N) is 2. The van der Waals surface area contributed by atoms with Crippen LogP contribution in [0.5, 0.6) is 0 Å². The number of rotatable bonds is 4. The van der Waals surface area contributed by atoms with Crippen molar-refractivity contribution in [1.82, 2.24) is 15.2 Å².